The molecule has 0 amide bonds. The summed E-state index contributed by atoms with van der Waals surface area (Å²) in [5, 5.41) is 9.07. The average Bonchev–Trinajstić information content (AvgIpc) is 2.27. The zero-order valence-corrected chi connectivity index (χ0v) is 8.34. The van der Waals surface area contributed by atoms with Crippen molar-refractivity contribution >= 4 is 12.3 Å². The monoisotopic (exact) mass is 208 g/mol. The van der Waals surface area contributed by atoms with Gasteiger partial charge in [0.2, 0.25) is 0 Å². The van der Waals surface area contributed by atoms with Crippen molar-refractivity contribution in [2.75, 3.05) is 6.61 Å². The van der Waals surface area contributed by atoms with Crippen molar-refractivity contribution < 1.29 is 19.4 Å². The van der Waals surface area contributed by atoms with Crippen LogP contribution < -0.4 is 0 Å². The largest absolute Gasteiger partial charge is 0.479 e. The quantitative estimate of drug-likeness (QED) is 0.738. The van der Waals surface area contributed by atoms with Crippen molar-refractivity contribution in [2.24, 2.45) is 0 Å². The number of rotatable bonds is 5. The molecule has 1 atom stereocenters. The van der Waals surface area contributed by atoms with Crippen LogP contribution in [-0.4, -0.2) is 24.0 Å². The lowest BCUT2D eigenvalue weighted by Gasteiger charge is -2.24. The fourth-order valence-electron chi connectivity index (χ4n) is 1.23. The van der Waals surface area contributed by atoms with Crippen molar-refractivity contribution in [3.8, 4) is 0 Å². The predicted molar refractivity (Wildman–Crippen MR) is 53.4 cm³/mol. The van der Waals surface area contributed by atoms with Crippen LogP contribution in [0.1, 0.15) is 12.5 Å². The van der Waals surface area contributed by atoms with E-state index in [4.69, 9.17) is 9.84 Å². The molecular formula is C11H12O4. The van der Waals surface area contributed by atoms with Gasteiger partial charge in [0.05, 0.1) is 0 Å². The van der Waals surface area contributed by atoms with E-state index in [1.54, 1.807) is 30.3 Å². The van der Waals surface area contributed by atoms with Crippen molar-refractivity contribution in [2.45, 2.75) is 12.5 Å². The molecular weight excluding hydrogens is 196 g/mol. The maximum absolute atomic E-state index is 11.1. The lowest BCUT2D eigenvalue weighted by atomic mass is 9.96. The number of carbonyl (C=O) groups is 2. The van der Waals surface area contributed by atoms with Crippen LogP contribution in [0.5, 0.6) is 0 Å². The number of aldehydes is 1. The lowest BCUT2D eigenvalue weighted by molar-refractivity contribution is -0.165. The molecule has 0 spiro atoms. The summed E-state index contributed by atoms with van der Waals surface area (Å²) in [6.45, 7) is 1.19. The molecule has 0 aliphatic carbocycles. The first-order chi connectivity index (χ1) is 7.11. The van der Waals surface area contributed by atoms with Gasteiger partial charge in [0.25, 0.3) is 0 Å². The number of hydrogen-bond donors (Lipinski definition) is 1. The van der Waals surface area contributed by atoms with Gasteiger partial charge in [-0.2, -0.15) is 0 Å². The van der Waals surface area contributed by atoms with E-state index in [1.165, 1.54) is 6.92 Å². The van der Waals surface area contributed by atoms with Gasteiger partial charge in [-0.1, -0.05) is 30.3 Å². The van der Waals surface area contributed by atoms with Gasteiger partial charge in [-0.3, -0.25) is 0 Å². The van der Waals surface area contributed by atoms with Crippen LogP contribution in [0.25, 0.3) is 0 Å². The highest BCUT2D eigenvalue weighted by molar-refractivity contribution is 5.79. The first-order valence-corrected chi connectivity index (χ1v) is 4.48. The predicted octanol–water partition coefficient (Wildman–Crippen LogP) is 1.20. The average molecular weight is 208 g/mol. The molecule has 0 heterocycles. The van der Waals surface area contributed by atoms with Crippen LogP contribution >= 0.6 is 0 Å². The fourth-order valence-corrected chi connectivity index (χ4v) is 1.23. The summed E-state index contributed by atoms with van der Waals surface area (Å²) in [5.41, 5.74) is -0.957. The lowest BCUT2D eigenvalue weighted by Crippen LogP contribution is -2.36. The van der Waals surface area contributed by atoms with Crippen LogP contribution in [0.2, 0.25) is 0 Å². The summed E-state index contributed by atoms with van der Waals surface area (Å²) in [5.74, 6) is -1.12. The Balaban J connectivity index is 3.01. The van der Waals surface area contributed by atoms with Gasteiger partial charge in [0, 0.05) is 0 Å². The van der Waals surface area contributed by atoms with Crippen molar-refractivity contribution in [1.29, 1.82) is 0 Å². The third-order valence-corrected chi connectivity index (χ3v) is 2.17. The van der Waals surface area contributed by atoms with Crippen LogP contribution in [0.3, 0.4) is 0 Å². The van der Waals surface area contributed by atoms with Crippen molar-refractivity contribution in [3.63, 3.8) is 0 Å². The third kappa shape index (κ3) is 2.41. The minimum atomic E-state index is -1.47. The Morgan fingerprint density at radius 1 is 1.47 bits per heavy atom. The Kier molecular flexibility index (Phi) is 3.57. The zero-order valence-electron chi connectivity index (χ0n) is 8.34. The molecule has 1 unspecified atom stereocenters. The molecule has 1 rings (SSSR count). The second-order valence-corrected chi connectivity index (χ2v) is 3.18. The molecule has 0 aliphatic rings. The third-order valence-electron chi connectivity index (χ3n) is 2.17. The Labute approximate surface area is 87.5 Å². The first-order valence-electron chi connectivity index (χ1n) is 4.48. The van der Waals surface area contributed by atoms with E-state index >= 15 is 0 Å². The number of ether oxygens (including phenoxy) is 1. The van der Waals surface area contributed by atoms with E-state index in [-0.39, 0.29) is 6.61 Å². The van der Waals surface area contributed by atoms with Crippen molar-refractivity contribution in [3.05, 3.63) is 35.9 Å². The highest BCUT2D eigenvalue weighted by Gasteiger charge is 2.36. The van der Waals surface area contributed by atoms with Gasteiger partial charge in [-0.05, 0) is 12.5 Å². The van der Waals surface area contributed by atoms with Crippen LogP contribution in [0.15, 0.2) is 30.3 Å². The molecule has 0 radical (unpaired) electrons. The Bertz CT molecular complexity index is 347. The molecule has 15 heavy (non-hydrogen) atoms. The van der Waals surface area contributed by atoms with Crippen molar-refractivity contribution in [1.82, 2.24) is 0 Å². The van der Waals surface area contributed by atoms with E-state index in [2.05, 4.69) is 0 Å². The summed E-state index contributed by atoms with van der Waals surface area (Å²) >= 11 is 0. The van der Waals surface area contributed by atoms with Crippen LogP contribution in [0.4, 0.5) is 0 Å². The van der Waals surface area contributed by atoms with Crippen LogP contribution in [0, 0.1) is 0 Å². The minimum absolute atomic E-state index is 0.238. The normalized spacial score (nSPS) is 14.2. The zero-order chi connectivity index (χ0) is 11.3. The van der Waals surface area contributed by atoms with Gasteiger partial charge in [-0.15, -0.1) is 0 Å². The summed E-state index contributed by atoms with van der Waals surface area (Å²) in [7, 11) is 0. The summed E-state index contributed by atoms with van der Waals surface area (Å²) in [6.07, 6.45) is 0.532. The molecule has 1 aromatic rings. The number of benzene rings is 1. The molecule has 0 saturated carbocycles. The summed E-state index contributed by atoms with van der Waals surface area (Å²) in [6, 6.07) is 8.53. The Morgan fingerprint density at radius 2 is 2.07 bits per heavy atom. The topological polar surface area (TPSA) is 63.6 Å². The molecule has 1 N–H and O–H groups in total. The molecule has 0 fully saturated rings. The molecule has 0 aromatic heterocycles. The number of carboxylic acids is 1. The molecule has 4 nitrogen and oxygen atoms in total. The summed E-state index contributed by atoms with van der Waals surface area (Å²) < 4.78 is 5.06. The van der Waals surface area contributed by atoms with E-state index in [9.17, 15) is 9.59 Å². The number of aliphatic carboxylic acids is 1. The maximum Gasteiger partial charge on any atom is 0.340 e. The number of carbonyl (C=O) groups excluding carboxylic acids is 1. The maximum atomic E-state index is 11.1. The molecule has 0 bridgehead atoms. The van der Waals surface area contributed by atoms with E-state index in [0.29, 0.717) is 11.8 Å². The summed E-state index contributed by atoms with van der Waals surface area (Å²) in [4.78, 5) is 21.3. The minimum Gasteiger partial charge on any atom is -0.479 e. The van der Waals surface area contributed by atoms with E-state index < -0.39 is 11.6 Å². The molecule has 1 aromatic carbocycles. The van der Waals surface area contributed by atoms with Crippen LogP contribution in [-0.2, 0) is 19.9 Å². The number of hydrogen-bond acceptors (Lipinski definition) is 3. The Hall–Kier alpha value is -1.68. The van der Waals surface area contributed by atoms with Gasteiger partial charge in [0.1, 0.15) is 12.9 Å². The van der Waals surface area contributed by atoms with E-state index in [0.717, 1.165) is 0 Å². The highest BCUT2D eigenvalue weighted by atomic mass is 16.5. The smallest absolute Gasteiger partial charge is 0.340 e. The standard InChI is InChI=1S/C11H12O4/c1-11(10(13)14,15-8-7-12)9-5-3-2-4-6-9/h2-7H,8H2,1H3,(H,13,14). The van der Waals surface area contributed by atoms with Gasteiger partial charge < -0.3 is 14.6 Å². The second kappa shape index (κ2) is 4.70. The highest BCUT2D eigenvalue weighted by Crippen LogP contribution is 2.25. The van der Waals surface area contributed by atoms with Gasteiger partial charge in [0.15, 0.2) is 5.60 Å². The molecule has 80 valence electrons. The molecule has 4 heteroatoms. The van der Waals surface area contributed by atoms with Gasteiger partial charge >= 0.3 is 5.97 Å². The van der Waals surface area contributed by atoms with E-state index in [1.807, 2.05) is 0 Å². The van der Waals surface area contributed by atoms with Gasteiger partial charge in [-0.25, -0.2) is 4.79 Å². The Morgan fingerprint density at radius 3 is 2.53 bits per heavy atom. The molecule has 0 aliphatic heterocycles. The number of carboxylic acid groups (broad SMARTS) is 1. The SMILES string of the molecule is CC(OCC=O)(C(=O)O)c1ccccc1. The fraction of sp³-hybridized carbons (Fsp3) is 0.273. The molecule has 0 saturated heterocycles. The first kappa shape index (κ1) is 11.4. The second-order valence-electron chi connectivity index (χ2n) is 3.18.